The molecule has 0 aromatic heterocycles. The quantitative estimate of drug-likeness (QED) is 0.888. The van der Waals surface area contributed by atoms with Gasteiger partial charge in [0.15, 0.2) is 11.6 Å². The third kappa shape index (κ3) is 3.25. The lowest BCUT2D eigenvalue weighted by Gasteiger charge is -2.11. The van der Waals surface area contributed by atoms with Crippen molar-refractivity contribution in [1.82, 2.24) is 0 Å². The van der Waals surface area contributed by atoms with Crippen molar-refractivity contribution in [2.75, 3.05) is 0 Å². The summed E-state index contributed by atoms with van der Waals surface area (Å²) < 4.78 is 19.3. The highest BCUT2D eigenvalue weighted by Crippen LogP contribution is 2.32. The molecule has 0 aliphatic carbocycles. The van der Waals surface area contributed by atoms with Crippen molar-refractivity contribution in [2.24, 2.45) is 0 Å². The summed E-state index contributed by atoms with van der Waals surface area (Å²) in [6.45, 7) is 3.49. The Bertz CT molecular complexity index is 597. The molecular weight excluding hydrogens is 267 g/mol. The first-order chi connectivity index (χ1) is 8.97. The lowest BCUT2D eigenvalue weighted by Crippen LogP contribution is -1.95. The molecule has 0 aliphatic rings. The zero-order valence-corrected chi connectivity index (χ0v) is 11.4. The first kappa shape index (κ1) is 13.8. The Hall–Kier alpha value is -1.58. The van der Waals surface area contributed by atoms with Crippen molar-refractivity contribution in [3.05, 3.63) is 58.4 Å². The van der Waals surface area contributed by atoms with Gasteiger partial charge in [-0.2, -0.15) is 0 Å². The van der Waals surface area contributed by atoms with Gasteiger partial charge in [-0.15, -0.1) is 0 Å². The van der Waals surface area contributed by atoms with Crippen molar-refractivity contribution in [1.29, 1.82) is 0 Å². The van der Waals surface area contributed by atoms with Gasteiger partial charge in [-0.3, -0.25) is 0 Å². The minimum absolute atomic E-state index is 0.0788. The Morgan fingerprint density at radius 2 is 1.84 bits per heavy atom. The van der Waals surface area contributed by atoms with Gasteiger partial charge >= 0.3 is 0 Å². The van der Waals surface area contributed by atoms with Crippen LogP contribution in [0.15, 0.2) is 36.4 Å². The first-order valence-corrected chi connectivity index (χ1v) is 6.26. The van der Waals surface area contributed by atoms with Crippen LogP contribution in [-0.4, -0.2) is 5.11 Å². The van der Waals surface area contributed by atoms with Gasteiger partial charge < -0.3 is 9.84 Å². The van der Waals surface area contributed by atoms with Gasteiger partial charge in [-0.1, -0.05) is 23.7 Å². The molecule has 2 rings (SSSR count). The summed E-state index contributed by atoms with van der Waals surface area (Å²) in [7, 11) is 0. The average Bonchev–Trinajstić information content (AvgIpc) is 2.34. The number of aliphatic hydroxyl groups excluding tert-OH is 1. The minimum atomic E-state index is -0.716. The van der Waals surface area contributed by atoms with E-state index in [1.165, 1.54) is 12.1 Å². The normalized spacial score (nSPS) is 12.3. The SMILES string of the molecule is Cc1ccc(Oc2ccc([C@@H](C)O)cc2F)c(Cl)c1. The topological polar surface area (TPSA) is 29.5 Å². The maximum absolute atomic E-state index is 13.8. The molecule has 0 bridgehead atoms. The number of rotatable bonds is 3. The van der Waals surface area contributed by atoms with Crippen LogP contribution in [0.2, 0.25) is 5.02 Å². The maximum atomic E-state index is 13.8. The molecule has 4 heteroatoms. The zero-order valence-electron chi connectivity index (χ0n) is 10.7. The molecule has 100 valence electrons. The number of benzene rings is 2. The molecule has 0 fully saturated rings. The van der Waals surface area contributed by atoms with E-state index in [-0.39, 0.29) is 5.75 Å². The number of aryl methyl sites for hydroxylation is 1. The van der Waals surface area contributed by atoms with Crippen molar-refractivity contribution in [2.45, 2.75) is 20.0 Å². The summed E-state index contributed by atoms with van der Waals surface area (Å²) >= 11 is 6.03. The molecule has 0 saturated heterocycles. The number of aliphatic hydroxyl groups is 1. The predicted octanol–water partition coefficient (Wildman–Crippen LogP) is 4.63. The number of halogens is 2. The lowest BCUT2D eigenvalue weighted by atomic mass is 10.1. The molecular formula is C15H14ClFO2. The maximum Gasteiger partial charge on any atom is 0.166 e. The minimum Gasteiger partial charge on any atom is -0.453 e. The first-order valence-electron chi connectivity index (χ1n) is 5.89. The third-order valence-electron chi connectivity index (χ3n) is 2.75. The van der Waals surface area contributed by atoms with Crippen LogP contribution in [0.4, 0.5) is 4.39 Å². The molecule has 0 aliphatic heterocycles. The summed E-state index contributed by atoms with van der Waals surface area (Å²) in [5.74, 6) is -0.0545. The van der Waals surface area contributed by atoms with Crippen LogP contribution < -0.4 is 4.74 Å². The predicted molar refractivity (Wildman–Crippen MR) is 73.3 cm³/mol. The second kappa shape index (κ2) is 5.59. The smallest absolute Gasteiger partial charge is 0.166 e. The van der Waals surface area contributed by atoms with Crippen LogP contribution in [0, 0.1) is 12.7 Å². The Balaban J connectivity index is 2.28. The fourth-order valence-electron chi connectivity index (χ4n) is 1.67. The van der Waals surface area contributed by atoms with E-state index < -0.39 is 11.9 Å². The number of hydrogen-bond donors (Lipinski definition) is 1. The summed E-state index contributed by atoms with van der Waals surface area (Å²) in [4.78, 5) is 0. The van der Waals surface area contributed by atoms with Gasteiger partial charge in [0.1, 0.15) is 5.75 Å². The fraction of sp³-hybridized carbons (Fsp3) is 0.200. The molecule has 0 heterocycles. The van der Waals surface area contributed by atoms with E-state index in [0.29, 0.717) is 16.3 Å². The van der Waals surface area contributed by atoms with Crippen LogP contribution >= 0.6 is 11.6 Å². The molecule has 1 N–H and O–H groups in total. The molecule has 19 heavy (non-hydrogen) atoms. The van der Waals surface area contributed by atoms with E-state index in [1.54, 1.807) is 25.1 Å². The molecule has 0 saturated carbocycles. The fourth-order valence-corrected chi connectivity index (χ4v) is 1.94. The molecule has 2 aromatic carbocycles. The second-order valence-electron chi connectivity index (χ2n) is 4.40. The van der Waals surface area contributed by atoms with Gasteiger partial charge in [0.25, 0.3) is 0 Å². The van der Waals surface area contributed by atoms with Crippen molar-refractivity contribution in [3.63, 3.8) is 0 Å². The molecule has 2 aromatic rings. The molecule has 1 atom stereocenters. The highest BCUT2D eigenvalue weighted by Gasteiger charge is 2.10. The van der Waals surface area contributed by atoms with Gasteiger partial charge in [0, 0.05) is 0 Å². The largest absolute Gasteiger partial charge is 0.453 e. The molecule has 0 amide bonds. The van der Waals surface area contributed by atoms with E-state index in [4.69, 9.17) is 16.3 Å². The van der Waals surface area contributed by atoms with Gasteiger partial charge in [-0.05, 0) is 49.2 Å². The number of ether oxygens (including phenoxy) is 1. The van der Waals surface area contributed by atoms with Crippen molar-refractivity contribution in [3.8, 4) is 11.5 Å². The van der Waals surface area contributed by atoms with E-state index in [9.17, 15) is 9.50 Å². The van der Waals surface area contributed by atoms with Crippen molar-refractivity contribution >= 4 is 11.6 Å². The lowest BCUT2D eigenvalue weighted by molar-refractivity contribution is 0.198. The van der Waals surface area contributed by atoms with E-state index in [1.807, 2.05) is 13.0 Å². The van der Waals surface area contributed by atoms with E-state index >= 15 is 0 Å². The Kier molecular flexibility index (Phi) is 4.08. The van der Waals surface area contributed by atoms with Crippen LogP contribution in [-0.2, 0) is 0 Å². The second-order valence-corrected chi connectivity index (χ2v) is 4.81. The van der Waals surface area contributed by atoms with Gasteiger partial charge in [-0.25, -0.2) is 4.39 Å². The Morgan fingerprint density at radius 3 is 2.42 bits per heavy atom. The highest BCUT2D eigenvalue weighted by atomic mass is 35.5. The molecule has 0 radical (unpaired) electrons. The van der Waals surface area contributed by atoms with E-state index in [2.05, 4.69) is 0 Å². The van der Waals surface area contributed by atoms with Crippen molar-refractivity contribution < 1.29 is 14.2 Å². The van der Waals surface area contributed by atoms with Gasteiger partial charge in [0.2, 0.25) is 0 Å². The Labute approximate surface area is 116 Å². The zero-order chi connectivity index (χ0) is 14.0. The molecule has 2 nitrogen and oxygen atoms in total. The molecule has 0 spiro atoms. The van der Waals surface area contributed by atoms with Crippen LogP contribution in [0.5, 0.6) is 11.5 Å². The summed E-state index contributed by atoms with van der Waals surface area (Å²) in [5.41, 5.74) is 1.50. The highest BCUT2D eigenvalue weighted by molar-refractivity contribution is 6.32. The van der Waals surface area contributed by atoms with E-state index in [0.717, 1.165) is 5.56 Å². The summed E-state index contributed by atoms with van der Waals surface area (Å²) in [5, 5.41) is 9.80. The van der Waals surface area contributed by atoms with Crippen LogP contribution in [0.1, 0.15) is 24.2 Å². The standard InChI is InChI=1S/C15H14ClFO2/c1-9-3-5-14(12(16)7-9)19-15-6-4-11(10(2)18)8-13(15)17/h3-8,10,18H,1-2H3/t10-/m1/s1. The summed E-state index contributed by atoms with van der Waals surface area (Å²) in [6, 6.07) is 9.63. The Morgan fingerprint density at radius 1 is 1.16 bits per heavy atom. The van der Waals surface area contributed by atoms with Crippen LogP contribution in [0.25, 0.3) is 0 Å². The monoisotopic (exact) mass is 280 g/mol. The summed E-state index contributed by atoms with van der Waals surface area (Å²) in [6.07, 6.45) is -0.716. The number of hydrogen-bond acceptors (Lipinski definition) is 2. The third-order valence-corrected chi connectivity index (χ3v) is 3.04. The molecule has 0 unspecified atom stereocenters. The van der Waals surface area contributed by atoms with Gasteiger partial charge in [0.05, 0.1) is 11.1 Å². The van der Waals surface area contributed by atoms with Crippen LogP contribution in [0.3, 0.4) is 0 Å². The average molecular weight is 281 g/mol.